The molecule has 0 spiro atoms. The summed E-state index contributed by atoms with van der Waals surface area (Å²) in [6.45, 7) is 14.0. The van der Waals surface area contributed by atoms with Gasteiger partial charge in [0.2, 0.25) is 0 Å². The summed E-state index contributed by atoms with van der Waals surface area (Å²) in [6.07, 6.45) is 0.327. The predicted molar refractivity (Wildman–Crippen MR) is 148 cm³/mol. The smallest absolute Gasteiger partial charge is 0.259 e. The van der Waals surface area contributed by atoms with E-state index in [1.807, 2.05) is 52.8 Å². The van der Waals surface area contributed by atoms with E-state index in [9.17, 15) is 9.90 Å². The van der Waals surface area contributed by atoms with Crippen LogP contribution in [0.2, 0.25) is 0 Å². The quantitative estimate of drug-likeness (QED) is 0.536. The maximum Gasteiger partial charge on any atom is 0.259 e. The maximum absolute atomic E-state index is 13.7. The van der Waals surface area contributed by atoms with Crippen molar-refractivity contribution in [2.75, 3.05) is 20.8 Å². The minimum atomic E-state index is -0.487. The second kappa shape index (κ2) is 9.79. The van der Waals surface area contributed by atoms with Crippen LogP contribution in [-0.4, -0.2) is 66.3 Å². The van der Waals surface area contributed by atoms with Crippen molar-refractivity contribution >= 4 is 11.6 Å². The van der Waals surface area contributed by atoms with E-state index in [4.69, 9.17) is 24.0 Å². The third-order valence-corrected chi connectivity index (χ3v) is 7.44. The van der Waals surface area contributed by atoms with Crippen molar-refractivity contribution in [2.24, 2.45) is 5.10 Å². The molecule has 3 aliphatic heterocycles. The highest BCUT2D eigenvalue weighted by Gasteiger charge is 2.48. The average molecular weight is 536 g/mol. The monoisotopic (exact) mass is 535 g/mol. The van der Waals surface area contributed by atoms with Gasteiger partial charge in [-0.3, -0.25) is 4.79 Å². The number of hydrogen-bond acceptors (Lipinski definition) is 8. The Kier molecular flexibility index (Phi) is 6.74. The Morgan fingerprint density at radius 3 is 2.54 bits per heavy atom. The lowest BCUT2D eigenvalue weighted by Crippen LogP contribution is -2.53. The molecule has 3 aliphatic rings. The van der Waals surface area contributed by atoms with Gasteiger partial charge < -0.3 is 29.4 Å². The molecule has 2 aromatic rings. The van der Waals surface area contributed by atoms with Crippen LogP contribution in [0.1, 0.15) is 57.2 Å². The van der Waals surface area contributed by atoms with Crippen molar-refractivity contribution in [3.8, 4) is 28.7 Å². The summed E-state index contributed by atoms with van der Waals surface area (Å²) < 4.78 is 23.2. The molecule has 208 valence electrons. The maximum atomic E-state index is 13.7. The van der Waals surface area contributed by atoms with E-state index in [0.29, 0.717) is 46.3 Å². The predicted octanol–water partition coefficient (Wildman–Crippen LogP) is 4.16. The van der Waals surface area contributed by atoms with Gasteiger partial charge in [0.15, 0.2) is 11.5 Å². The summed E-state index contributed by atoms with van der Waals surface area (Å²) in [5, 5.41) is 21.2. The first-order valence-corrected chi connectivity index (χ1v) is 13.2. The number of phenols is 1. The van der Waals surface area contributed by atoms with E-state index in [1.165, 1.54) is 5.01 Å². The van der Waals surface area contributed by atoms with Gasteiger partial charge in [0.25, 0.3) is 5.91 Å². The first kappa shape index (κ1) is 26.9. The second-order valence-electron chi connectivity index (χ2n) is 11.5. The zero-order chi connectivity index (χ0) is 28.2. The molecule has 1 amide bonds. The van der Waals surface area contributed by atoms with Crippen LogP contribution in [0.3, 0.4) is 0 Å². The number of nitrogens with one attached hydrogen (secondary N) is 1. The summed E-state index contributed by atoms with van der Waals surface area (Å²) in [6, 6.07) is 6.44. The Balaban J connectivity index is 1.62. The van der Waals surface area contributed by atoms with Gasteiger partial charge in [0.05, 0.1) is 31.9 Å². The molecular weight excluding hydrogens is 498 g/mol. The molecule has 0 aliphatic carbocycles. The lowest BCUT2D eigenvalue weighted by atomic mass is 9.82. The number of phenolic OH excluding ortho intramolecular Hbond substituents is 1. The van der Waals surface area contributed by atoms with Gasteiger partial charge in [-0.2, -0.15) is 5.10 Å². The zero-order valence-corrected chi connectivity index (χ0v) is 23.6. The lowest BCUT2D eigenvalue weighted by Gasteiger charge is -2.35. The fourth-order valence-electron chi connectivity index (χ4n) is 5.65. The number of aromatic hydroxyl groups is 1. The molecule has 9 nitrogen and oxygen atoms in total. The Labute approximate surface area is 229 Å². The molecule has 0 aromatic heterocycles. The molecule has 2 aromatic carbocycles. The molecule has 3 unspecified atom stereocenters. The van der Waals surface area contributed by atoms with E-state index in [2.05, 4.69) is 11.9 Å². The molecule has 5 rings (SSSR count). The largest absolute Gasteiger partial charge is 0.507 e. The number of rotatable bonds is 6. The van der Waals surface area contributed by atoms with Crippen LogP contribution >= 0.6 is 0 Å². The topological polar surface area (TPSA) is 102 Å². The summed E-state index contributed by atoms with van der Waals surface area (Å²) >= 11 is 0. The minimum absolute atomic E-state index is 0.109. The van der Waals surface area contributed by atoms with Crippen LogP contribution in [0, 0.1) is 0 Å². The fourth-order valence-corrected chi connectivity index (χ4v) is 5.65. The van der Waals surface area contributed by atoms with Crippen LogP contribution < -0.4 is 24.3 Å². The Bertz CT molecular complexity index is 1360. The second-order valence-corrected chi connectivity index (χ2v) is 11.5. The molecule has 2 N–H and O–H groups in total. The lowest BCUT2D eigenvalue weighted by molar-refractivity contribution is -0.136. The van der Waals surface area contributed by atoms with Crippen molar-refractivity contribution in [1.29, 1.82) is 0 Å². The number of carbonyl (C=O) groups excluding carboxylic acids is 1. The highest BCUT2D eigenvalue weighted by atomic mass is 16.5. The van der Waals surface area contributed by atoms with Crippen LogP contribution in [0.15, 0.2) is 41.5 Å². The van der Waals surface area contributed by atoms with Gasteiger partial charge in [0.1, 0.15) is 36.0 Å². The van der Waals surface area contributed by atoms with Crippen molar-refractivity contribution in [3.63, 3.8) is 0 Å². The van der Waals surface area contributed by atoms with E-state index >= 15 is 0 Å². The molecule has 0 saturated heterocycles. The Hall–Kier alpha value is -3.72. The highest BCUT2D eigenvalue weighted by Crippen LogP contribution is 2.49. The molecule has 9 heteroatoms. The third-order valence-electron chi connectivity index (χ3n) is 7.44. The Morgan fingerprint density at radius 2 is 1.90 bits per heavy atom. The summed E-state index contributed by atoms with van der Waals surface area (Å²) in [7, 11) is 3.15. The van der Waals surface area contributed by atoms with Crippen LogP contribution in [-0.2, 0) is 11.2 Å². The number of ether oxygens (including phenoxy) is 4. The molecule has 0 saturated carbocycles. The first-order chi connectivity index (χ1) is 18.4. The van der Waals surface area contributed by atoms with Crippen molar-refractivity contribution < 1.29 is 28.8 Å². The van der Waals surface area contributed by atoms with E-state index in [0.717, 1.165) is 11.1 Å². The molecule has 0 radical (unpaired) electrons. The normalized spacial score (nSPS) is 22.1. The standard InChI is InChI=1S/C30H37N3O6/c1-15(2)22-12-19-21(39-22)10-9-17(28(19)34)27-26-18-11-24(36-7)25(37-8)13-23(18)38-14-20(26)33(32-27)29(35)16(3)31-30(4,5)6/h9-11,13,16,20,22,26,31,34H,1,12,14H2,2-8H3/t16?,20?,22-,26?/m1/s1. The summed E-state index contributed by atoms with van der Waals surface area (Å²) in [4.78, 5) is 13.7. The number of methoxy groups -OCH3 is 2. The van der Waals surface area contributed by atoms with Crippen LogP contribution in [0.25, 0.3) is 0 Å². The van der Waals surface area contributed by atoms with Gasteiger partial charge in [-0.25, -0.2) is 5.01 Å². The van der Waals surface area contributed by atoms with Crippen molar-refractivity contribution in [3.05, 3.63) is 53.1 Å². The number of amides is 1. The van der Waals surface area contributed by atoms with Crippen LogP contribution in [0.4, 0.5) is 0 Å². The first-order valence-electron chi connectivity index (χ1n) is 13.2. The molecule has 3 heterocycles. The minimum Gasteiger partial charge on any atom is -0.507 e. The fraction of sp³-hybridized carbons (Fsp3) is 0.467. The number of hydrazone groups is 1. The zero-order valence-electron chi connectivity index (χ0n) is 23.6. The van der Waals surface area contributed by atoms with Crippen LogP contribution in [0.5, 0.6) is 28.7 Å². The number of benzene rings is 2. The summed E-state index contributed by atoms with van der Waals surface area (Å²) in [5.41, 5.74) is 3.30. The molecular formula is C30H37N3O6. The van der Waals surface area contributed by atoms with E-state index in [1.54, 1.807) is 20.3 Å². The molecule has 4 atom stereocenters. The molecule has 39 heavy (non-hydrogen) atoms. The van der Waals surface area contributed by atoms with Crippen molar-refractivity contribution in [2.45, 2.75) is 70.7 Å². The number of hydrogen-bond donors (Lipinski definition) is 2. The number of carbonyl (C=O) groups is 1. The number of nitrogens with zero attached hydrogens (tertiary/aromatic N) is 2. The average Bonchev–Trinajstić information content (AvgIpc) is 3.49. The highest BCUT2D eigenvalue weighted by molar-refractivity contribution is 6.10. The van der Waals surface area contributed by atoms with Gasteiger partial charge in [0, 0.05) is 34.7 Å². The molecule has 0 fully saturated rings. The van der Waals surface area contributed by atoms with Gasteiger partial charge in [-0.05, 0) is 58.4 Å². The van der Waals surface area contributed by atoms with Gasteiger partial charge in [-0.15, -0.1) is 0 Å². The summed E-state index contributed by atoms with van der Waals surface area (Å²) in [5.74, 6) is 1.93. The van der Waals surface area contributed by atoms with Gasteiger partial charge >= 0.3 is 0 Å². The Morgan fingerprint density at radius 1 is 1.21 bits per heavy atom. The molecule has 0 bridgehead atoms. The SMILES string of the molecule is C=C(C)[C@H]1Cc2c(ccc(C3=NN(C(=O)C(C)NC(C)(C)C)C4COc5cc(OC)c(OC)cc5C34)c2O)O1. The van der Waals surface area contributed by atoms with Crippen molar-refractivity contribution in [1.82, 2.24) is 10.3 Å². The van der Waals surface area contributed by atoms with E-state index < -0.39 is 12.1 Å². The third kappa shape index (κ3) is 4.69. The number of fused-ring (bicyclic) bond motifs is 4. The van der Waals surface area contributed by atoms with Gasteiger partial charge in [-0.1, -0.05) is 6.58 Å². The van der Waals surface area contributed by atoms with E-state index in [-0.39, 0.29) is 35.8 Å².